The Hall–Kier alpha value is -3.40. The van der Waals surface area contributed by atoms with Crippen molar-refractivity contribution >= 4 is 34.6 Å². The predicted molar refractivity (Wildman–Crippen MR) is 143 cm³/mol. The van der Waals surface area contributed by atoms with Crippen LogP contribution in [0.15, 0.2) is 30.5 Å². The summed E-state index contributed by atoms with van der Waals surface area (Å²) in [5.41, 5.74) is 7.65. The van der Waals surface area contributed by atoms with Crippen molar-refractivity contribution in [3.8, 4) is 0 Å². The Bertz CT molecular complexity index is 1100. The number of H-pyrrole nitrogens is 1. The average Bonchev–Trinajstić information content (AvgIpc) is 3.26. The van der Waals surface area contributed by atoms with Gasteiger partial charge in [-0.25, -0.2) is 4.79 Å². The van der Waals surface area contributed by atoms with E-state index in [2.05, 4.69) is 20.9 Å². The van der Waals surface area contributed by atoms with Gasteiger partial charge in [0.05, 0.1) is 6.04 Å². The van der Waals surface area contributed by atoms with Gasteiger partial charge in [0.2, 0.25) is 17.7 Å². The summed E-state index contributed by atoms with van der Waals surface area (Å²) in [4.78, 5) is 54.1. The Morgan fingerprint density at radius 3 is 1.97 bits per heavy atom. The maximum atomic E-state index is 13.2. The summed E-state index contributed by atoms with van der Waals surface area (Å²) < 4.78 is 0. The molecule has 0 bridgehead atoms. The largest absolute Gasteiger partial charge is 0.480 e. The van der Waals surface area contributed by atoms with Crippen molar-refractivity contribution in [3.63, 3.8) is 0 Å². The fraction of sp³-hybridized carbons (Fsp3) is 0.556. The molecule has 7 N–H and O–H groups in total. The van der Waals surface area contributed by atoms with Gasteiger partial charge in [0.1, 0.15) is 18.1 Å². The number of fused-ring (bicyclic) bond motifs is 1. The van der Waals surface area contributed by atoms with Crippen molar-refractivity contribution in [3.05, 3.63) is 36.0 Å². The lowest BCUT2D eigenvalue weighted by molar-refractivity contribution is -0.142. The fourth-order valence-electron chi connectivity index (χ4n) is 4.06. The van der Waals surface area contributed by atoms with Crippen molar-refractivity contribution in [2.45, 2.75) is 78.6 Å². The van der Waals surface area contributed by atoms with Gasteiger partial charge in [-0.05, 0) is 29.4 Å². The number of hydrogen-bond acceptors (Lipinski definition) is 5. The SMILES string of the molecule is CCC(C)C(N)C(=O)NC(C(=O)NC(C(=O)NC(Cc1c[nH]c2ccccc12)C(=O)O)C(C)C)C(C)C. The van der Waals surface area contributed by atoms with Crippen molar-refractivity contribution in [1.82, 2.24) is 20.9 Å². The molecule has 204 valence electrons. The number of aromatic nitrogens is 1. The first-order valence-corrected chi connectivity index (χ1v) is 12.8. The molecule has 5 atom stereocenters. The average molecular weight is 516 g/mol. The molecule has 37 heavy (non-hydrogen) atoms. The van der Waals surface area contributed by atoms with Crippen LogP contribution in [0.5, 0.6) is 0 Å². The van der Waals surface area contributed by atoms with E-state index in [1.165, 1.54) is 0 Å². The van der Waals surface area contributed by atoms with Gasteiger partial charge >= 0.3 is 5.97 Å². The molecule has 0 aliphatic rings. The van der Waals surface area contributed by atoms with E-state index in [1.807, 2.05) is 38.1 Å². The van der Waals surface area contributed by atoms with Gasteiger partial charge in [0.25, 0.3) is 0 Å². The van der Waals surface area contributed by atoms with Gasteiger partial charge in [-0.2, -0.15) is 0 Å². The van der Waals surface area contributed by atoms with Crippen LogP contribution in [0.4, 0.5) is 0 Å². The van der Waals surface area contributed by atoms with E-state index < -0.39 is 47.9 Å². The molecule has 3 amide bonds. The fourth-order valence-corrected chi connectivity index (χ4v) is 4.06. The van der Waals surface area contributed by atoms with Gasteiger partial charge in [-0.15, -0.1) is 0 Å². The van der Waals surface area contributed by atoms with E-state index >= 15 is 0 Å². The number of carbonyl (C=O) groups is 4. The van der Waals surface area contributed by atoms with Gasteiger partial charge in [-0.1, -0.05) is 66.2 Å². The van der Waals surface area contributed by atoms with Crippen LogP contribution >= 0.6 is 0 Å². The molecule has 0 saturated heterocycles. The molecular weight excluding hydrogens is 474 g/mol. The molecule has 0 radical (unpaired) electrons. The number of carbonyl (C=O) groups excluding carboxylic acids is 3. The number of carboxylic acid groups (broad SMARTS) is 1. The van der Waals surface area contributed by atoms with Crippen LogP contribution in [0.2, 0.25) is 0 Å². The maximum Gasteiger partial charge on any atom is 0.326 e. The second-order valence-electron chi connectivity index (χ2n) is 10.3. The molecule has 0 saturated carbocycles. The first-order valence-electron chi connectivity index (χ1n) is 12.8. The van der Waals surface area contributed by atoms with Crippen molar-refractivity contribution < 1.29 is 24.3 Å². The number of aromatic amines is 1. The number of rotatable bonds is 13. The van der Waals surface area contributed by atoms with E-state index in [0.717, 1.165) is 16.5 Å². The number of nitrogens with one attached hydrogen (secondary N) is 4. The number of hydrogen-bond donors (Lipinski definition) is 6. The van der Waals surface area contributed by atoms with Crippen LogP contribution in [0.3, 0.4) is 0 Å². The van der Waals surface area contributed by atoms with Crippen molar-refractivity contribution in [2.75, 3.05) is 0 Å². The Kier molecular flexibility index (Phi) is 10.7. The highest BCUT2D eigenvalue weighted by molar-refractivity contribution is 5.94. The van der Waals surface area contributed by atoms with Crippen LogP contribution in [-0.4, -0.2) is 57.9 Å². The minimum atomic E-state index is -1.20. The predicted octanol–water partition coefficient (Wildman–Crippen LogP) is 1.93. The van der Waals surface area contributed by atoms with Gasteiger partial charge in [-0.3, -0.25) is 14.4 Å². The zero-order chi connectivity index (χ0) is 27.9. The first kappa shape index (κ1) is 29.8. The number of para-hydroxylation sites is 1. The Balaban J connectivity index is 2.14. The summed E-state index contributed by atoms with van der Waals surface area (Å²) >= 11 is 0. The van der Waals surface area contributed by atoms with Crippen LogP contribution in [-0.2, 0) is 25.6 Å². The van der Waals surface area contributed by atoms with E-state index in [4.69, 9.17) is 5.73 Å². The number of amides is 3. The lowest BCUT2D eigenvalue weighted by Gasteiger charge is -2.29. The summed E-state index contributed by atoms with van der Waals surface area (Å²) in [7, 11) is 0. The number of carboxylic acids is 1. The molecule has 1 aromatic heterocycles. The number of nitrogens with two attached hydrogens (primary N) is 1. The molecule has 10 heteroatoms. The van der Waals surface area contributed by atoms with E-state index in [0.29, 0.717) is 6.42 Å². The zero-order valence-corrected chi connectivity index (χ0v) is 22.5. The van der Waals surface area contributed by atoms with Gasteiger partial charge in [0, 0.05) is 23.5 Å². The van der Waals surface area contributed by atoms with Gasteiger partial charge < -0.3 is 31.8 Å². The standard InChI is InChI=1S/C27H41N5O5/c1-7-16(6)21(28)24(33)31-23(15(4)5)26(35)32-22(14(2)3)25(34)30-20(27(36)37)12-17-13-29-19-11-9-8-10-18(17)19/h8-11,13-16,20-23,29H,7,12,28H2,1-6H3,(H,30,34)(H,31,33)(H,32,35)(H,36,37). The highest BCUT2D eigenvalue weighted by Crippen LogP contribution is 2.19. The Morgan fingerprint density at radius 2 is 1.43 bits per heavy atom. The maximum absolute atomic E-state index is 13.2. The number of benzene rings is 1. The highest BCUT2D eigenvalue weighted by atomic mass is 16.4. The van der Waals surface area contributed by atoms with Crippen molar-refractivity contribution in [2.24, 2.45) is 23.5 Å². The lowest BCUT2D eigenvalue weighted by atomic mass is 9.96. The molecule has 1 heterocycles. The summed E-state index contributed by atoms with van der Waals surface area (Å²) in [6.45, 7) is 10.9. The molecule has 1 aromatic carbocycles. The van der Waals surface area contributed by atoms with E-state index in [9.17, 15) is 24.3 Å². The summed E-state index contributed by atoms with van der Waals surface area (Å²) in [6.07, 6.45) is 2.52. The molecule has 2 rings (SSSR count). The molecule has 5 unspecified atom stereocenters. The molecular formula is C27H41N5O5. The second-order valence-corrected chi connectivity index (χ2v) is 10.3. The quantitative estimate of drug-likeness (QED) is 0.238. The normalized spacial score (nSPS) is 15.6. The third kappa shape index (κ3) is 7.79. The zero-order valence-electron chi connectivity index (χ0n) is 22.5. The molecule has 2 aromatic rings. The minimum Gasteiger partial charge on any atom is -0.480 e. The monoisotopic (exact) mass is 515 g/mol. The highest BCUT2D eigenvalue weighted by Gasteiger charge is 2.33. The lowest BCUT2D eigenvalue weighted by Crippen LogP contribution is -2.60. The minimum absolute atomic E-state index is 0.0600. The van der Waals surface area contributed by atoms with E-state index in [-0.39, 0.29) is 24.2 Å². The Morgan fingerprint density at radius 1 is 0.892 bits per heavy atom. The molecule has 0 aliphatic heterocycles. The third-order valence-electron chi connectivity index (χ3n) is 6.77. The topological polar surface area (TPSA) is 166 Å². The van der Waals surface area contributed by atoms with Crippen LogP contribution in [0, 0.1) is 17.8 Å². The second kappa shape index (κ2) is 13.2. The van der Waals surface area contributed by atoms with Crippen molar-refractivity contribution in [1.29, 1.82) is 0 Å². The Labute approximate surface area is 218 Å². The van der Waals surface area contributed by atoms with Crippen LogP contribution in [0.25, 0.3) is 10.9 Å². The molecule has 0 aliphatic carbocycles. The third-order valence-corrected chi connectivity index (χ3v) is 6.77. The summed E-state index contributed by atoms with van der Waals surface area (Å²) in [5, 5.41) is 18.7. The first-order chi connectivity index (χ1) is 17.4. The summed E-state index contributed by atoms with van der Waals surface area (Å²) in [6, 6.07) is 3.64. The summed E-state index contributed by atoms with van der Waals surface area (Å²) in [5.74, 6) is -3.42. The van der Waals surface area contributed by atoms with Crippen LogP contribution < -0.4 is 21.7 Å². The molecule has 0 fully saturated rings. The van der Waals surface area contributed by atoms with Gasteiger partial charge in [0.15, 0.2) is 0 Å². The smallest absolute Gasteiger partial charge is 0.326 e. The molecule has 10 nitrogen and oxygen atoms in total. The van der Waals surface area contributed by atoms with E-state index in [1.54, 1.807) is 33.9 Å². The van der Waals surface area contributed by atoms with Crippen LogP contribution in [0.1, 0.15) is 53.5 Å². The number of aliphatic carboxylic acids is 1. The molecule has 0 spiro atoms.